The van der Waals surface area contributed by atoms with Gasteiger partial charge in [-0.2, -0.15) is 15.0 Å². The van der Waals surface area contributed by atoms with E-state index in [1.165, 1.54) is 44.9 Å². The fourth-order valence-electron chi connectivity index (χ4n) is 2.57. The molecule has 0 spiro atoms. The van der Waals surface area contributed by atoms with Crippen LogP contribution in [0.15, 0.2) is 0 Å². The van der Waals surface area contributed by atoms with Gasteiger partial charge in [-0.25, -0.2) is 0 Å². The molecule has 1 fully saturated rings. The lowest BCUT2D eigenvalue weighted by molar-refractivity contribution is 0.292. The van der Waals surface area contributed by atoms with Gasteiger partial charge in [0.1, 0.15) is 0 Å². The van der Waals surface area contributed by atoms with Crippen LogP contribution in [-0.2, 0) is 0 Å². The Morgan fingerprint density at radius 1 is 1.00 bits per heavy atom. The fourth-order valence-corrected chi connectivity index (χ4v) is 2.57. The maximum Gasteiger partial charge on any atom is 0.323 e. The van der Waals surface area contributed by atoms with Crippen molar-refractivity contribution in [2.75, 3.05) is 24.3 Å². The molecular formula is C15H27N5O. The lowest BCUT2D eigenvalue weighted by Gasteiger charge is -2.21. The van der Waals surface area contributed by atoms with Gasteiger partial charge in [0.25, 0.3) is 0 Å². The number of rotatable bonds is 6. The van der Waals surface area contributed by atoms with Crippen molar-refractivity contribution in [2.24, 2.45) is 0 Å². The fraction of sp³-hybridized carbons (Fsp3) is 0.800. The third-order valence-corrected chi connectivity index (χ3v) is 3.71. The molecule has 0 unspecified atom stereocenters. The molecule has 0 aromatic carbocycles. The molecule has 118 valence electrons. The Kier molecular flexibility index (Phi) is 6.50. The summed E-state index contributed by atoms with van der Waals surface area (Å²) in [4.78, 5) is 13.0. The predicted molar refractivity (Wildman–Crippen MR) is 84.9 cm³/mol. The minimum atomic E-state index is 0.393. The van der Waals surface area contributed by atoms with E-state index in [-0.39, 0.29) is 0 Å². The standard InChI is InChI=1S/C15H27N5O/c1-3-11-21-15-19-13(16-2)18-14(20-15)17-12-9-7-5-4-6-8-10-12/h12H,3-11H2,1-2H3,(H2,16,17,18,19,20). The summed E-state index contributed by atoms with van der Waals surface area (Å²) in [7, 11) is 1.80. The number of nitrogens with zero attached hydrogens (tertiary/aromatic N) is 3. The third kappa shape index (κ3) is 5.36. The molecule has 0 bridgehead atoms. The number of anilines is 2. The second kappa shape index (κ2) is 8.64. The van der Waals surface area contributed by atoms with Crippen molar-refractivity contribution < 1.29 is 4.74 Å². The summed E-state index contributed by atoms with van der Waals surface area (Å²) in [6, 6.07) is 0.848. The van der Waals surface area contributed by atoms with Crippen molar-refractivity contribution >= 4 is 11.9 Å². The smallest absolute Gasteiger partial charge is 0.323 e. The molecule has 1 saturated carbocycles. The number of ether oxygens (including phenoxy) is 1. The van der Waals surface area contributed by atoms with Gasteiger partial charge < -0.3 is 15.4 Å². The van der Waals surface area contributed by atoms with Gasteiger partial charge in [0.05, 0.1) is 6.61 Å². The normalized spacial score (nSPS) is 16.9. The molecule has 1 aliphatic carbocycles. The quantitative estimate of drug-likeness (QED) is 0.839. The van der Waals surface area contributed by atoms with Crippen LogP contribution in [-0.4, -0.2) is 34.6 Å². The molecule has 2 rings (SSSR count). The minimum absolute atomic E-state index is 0.393. The Hall–Kier alpha value is -1.59. The Morgan fingerprint density at radius 2 is 1.67 bits per heavy atom. The average Bonchev–Trinajstić information content (AvgIpc) is 2.47. The maximum atomic E-state index is 5.53. The molecule has 6 heteroatoms. The summed E-state index contributed by atoms with van der Waals surface area (Å²) < 4.78 is 5.53. The van der Waals surface area contributed by atoms with Crippen molar-refractivity contribution in [2.45, 2.75) is 64.3 Å². The van der Waals surface area contributed by atoms with Crippen LogP contribution in [0.4, 0.5) is 11.9 Å². The van der Waals surface area contributed by atoms with Gasteiger partial charge in [0.2, 0.25) is 11.9 Å². The average molecular weight is 293 g/mol. The van der Waals surface area contributed by atoms with Crippen molar-refractivity contribution in [1.82, 2.24) is 15.0 Å². The highest BCUT2D eigenvalue weighted by molar-refractivity contribution is 5.36. The Bertz CT molecular complexity index is 419. The highest BCUT2D eigenvalue weighted by Crippen LogP contribution is 2.20. The van der Waals surface area contributed by atoms with E-state index in [9.17, 15) is 0 Å². The van der Waals surface area contributed by atoms with Gasteiger partial charge in [-0.1, -0.05) is 39.0 Å². The molecule has 2 N–H and O–H groups in total. The van der Waals surface area contributed by atoms with Crippen LogP contribution in [0, 0.1) is 0 Å². The highest BCUT2D eigenvalue weighted by atomic mass is 16.5. The van der Waals surface area contributed by atoms with Crippen LogP contribution < -0.4 is 15.4 Å². The minimum Gasteiger partial charge on any atom is -0.463 e. The highest BCUT2D eigenvalue weighted by Gasteiger charge is 2.14. The first kappa shape index (κ1) is 15.8. The Labute approximate surface area is 127 Å². The van der Waals surface area contributed by atoms with Crippen LogP contribution in [0.1, 0.15) is 58.3 Å². The van der Waals surface area contributed by atoms with Crippen molar-refractivity contribution in [3.63, 3.8) is 0 Å². The van der Waals surface area contributed by atoms with Gasteiger partial charge in [-0.15, -0.1) is 0 Å². The van der Waals surface area contributed by atoms with Crippen LogP contribution >= 0.6 is 0 Å². The van der Waals surface area contributed by atoms with E-state index >= 15 is 0 Å². The topological polar surface area (TPSA) is 72.0 Å². The van der Waals surface area contributed by atoms with Gasteiger partial charge in [-0.05, 0) is 19.3 Å². The van der Waals surface area contributed by atoms with Crippen LogP contribution in [0.25, 0.3) is 0 Å². The second-order valence-corrected chi connectivity index (χ2v) is 5.55. The van der Waals surface area contributed by atoms with Crippen LogP contribution in [0.3, 0.4) is 0 Å². The Morgan fingerprint density at radius 3 is 2.33 bits per heavy atom. The van der Waals surface area contributed by atoms with Crippen molar-refractivity contribution in [1.29, 1.82) is 0 Å². The molecular weight excluding hydrogens is 266 g/mol. The number of aromatic nitrogens is 3. The van der Waals surface area contributed by atoms with E-state index < -0.39 is 0 Å². The summed E-state index contributed by atoms with van der Waals surface area (Å²) in [5.41, 5.74) is 0. The van der Waals surface area contributed by atoms with Gasteiger partial charge in [-0.3, -0.25) is 0 Å². The summed E-state index contributed by atoms with van der Waals surface area (Å²) in [6.07, 6.45) is 9.91. The molecule has 0 aliphatic heterocycles. The molecule has 1 aromatic rings. The molecule has 6 nitrogen and oxygen atoms in total. The van der Waals surface area contributed by atoms with Crippen molar-refractivity contribution in [3.05, 3.63) is 0 Å². The zero-order chi connectivity index (χ0) is 14.9. The molecule has 21 heavy (non-hydrogen) atoms. The molecule has 1 aliphatic rings. The first-order chi connectivity index (χ1) is 10.3. The van der Waals surface area contributed by atoms with E-state index in [4.69, 9.17) is 4.74 Å². The SMILES string of the molecule is CCCOc1nc(NC)nc(NC2CCCCCCC2)n1. The maximum absolute atomic E-state index is 5.53. The van der Waals surface area contributed by atoms with Gasteiger partial charge in [0.15, 0.2) is 0 Å². The second-order valence-electron chi connectivity index (χ2n) is 5.55. The summed E-state index contributed by atoms with van der Waals surface area (Å²) in [6.45, 7) is 2.68. The lowest BCUT2D eigenvalue weighted by Crippen LogP contribution is -2.22. The zero-order valence-electron chi connectivity index (χ0n) is 13.2. The number of nitrogens with one attached hydrogen (secondary N) is 2. The summed E-state index contributed by atoms with van der Waals surface area (Å²) in [5, 5.41) is 6.42. The third-order valence-electron chi connectivity index (χ3n) is 3.71. The first-order valence-electron chi connectivity index (χ1n) is 8.15. The van der Waals surface area contributed by atoms with Crippen LogP contribution in [0.2, 0.25) is 0 Å². The predicted octanol–water partition coefficient (Wildman–Crippen LogP) is 3.23. The molecule has 1 aromatic heterocycles. The first-order valence-corrected chi connectivity index (χ1v) is 8.15. The molecule has 1 heterocycles. The monoisotopic (exact) mass is 293 g/mol. The van der Waals surface area contributed by atoms with Crippen molar-refractivity contribution in [3.8, 4) is 6.01 Å². The zero-order valence-corrected chi connectivity index (χ0v) is 13.2. The largest absolute Gasteiger partial charge is 0.463 e. The lowest BCUT2D eigenvalue weighted by atomic mass is 9.97. The molecule has 0 radical (unpaired) electrons. The van der Waals surface area contributed by atoms with E-state index in [0.717, 1.165) is 6.42 Å². The molecule has 0 atom stereocenters. The van der Waals surface area contributed by atoms with E-state index in [0.29, 0.717) is 30.6 Å². The van der Waals surface area contributed by atoms with E-state index in [1.807, 2.05) is 0 Å². The summed E-state index contributed by atoms with van der Waals surface area (Å²) >= 11 is 0. The van der Waals surface area contributed by atoms with Gasteiger partial charge in [0, 0.05) is 13.1 Å². The molecule has 0 amide bonds. The van der Waals surface area contributed by atoms with E-state index in [1.54, 1.807) is 7.05 Å². The number of hydrogen-bond donors (Lipinski definition) is 2. The Balaban J connectivity index is 2.02. The van der Waals surface area contributed by atoms with E-state index in [2.05, 4.69) is 32.5 Å². The van der Waals surface area contributed by atoms with Crippen LogP contribution in [0.5, 0.6) is 6.01 Å². The molecule has 0 saturated heterocycles. The number of hydrogen-bond acceptors (Lipinski definition) is 6. The van der Waals surface area contributed by atoms with Gasteiger partial charge >= 0.3 is 6.01 Å². The summed E-state index contributed by atoms with van der Waals surface area (Å²) in [5.74, 6) is 1.16.